The summed E-state index contributed by atoms with van der Waals surface area (Å²) in [6.07, 6.45) is 1.69. The minimum atomic E-state index is -1.03. The number of nitrogens with one attached hydrogen (secondary N) is 1. The molecule has 2 saturated heterocycles. The average molecular weight is 489 g/mol. The summed E-state index contributed by atoms with van der Waals surface area (Å²) in [7, 11) is 0. The van der Waals surface area contributed by atoms with Crippen LogP contribution in [0.4, 0.5) is 11.5 Å². The summed E-state index contributed by atoms with van der Waals surface area (Å²) in [4.78, 5) is 34.4. The molecule has 2 N–H and O–H groups in total. The minimum absolute atomic E-state index is 0.0290. The first-order chi connectivity index (χ1) is 17.4. The lowest BCUT2D eigenvalue weighted by Crippen LogP contribution is -2.57. The molecule has 2 aliphatic rings. The van der Waals surface area contributed by atoms with Crippen LogP contribution < -0.4 is 15.8 Å². The van der Waals surface area contributed by atoms with Crippen molar-refractivity contribution in [1.82, 2.24) is 14.3 Å². The van der Waals surface area contributed by atoms with E-state index in [4.69, 9.17) is 9.72 Å². The molecule has 0 bridgehead atoms. The van der Waals surface area contributed by atoms with Gasteiger partial charge < -0.3 is 20.1 Å². The summed E-state index contributed by atoms with van der Waals surface area (Å²) >= 11 is 0. The van der Waals surface area contributed by atoms with E-state index >= 15 is 0 Å². The predicted molar refractivity (Wildman–Crippen MR) is 135 cm³/mol. The number of carboxylic acids is 1. The van der Waals surface area contributed by atoms with E-state index in [1.165, 1.54) is 4.40 Å². The van der Waals surface area contributed by atoms with Crippen LogP contribution in [-0.2, 0) is 4.74 Å². The number of hydrogen-bond donors (Lipinski definition) is 2. The number of aromatic carboxylic acids is 1. The summed E-state index contributed by atoms with van der Waals surface area (Å²) < 4.78 is 6.74. The molecule has 0 amide bonds. The first kappa shape index (κ1) is 23.8. The van der Waals surface area contributed by atoms with Crippen molar-refractivity contribution < 1.29 is 14.6 Å². The maximum atomic E-state index is 13.4. The number of aryl methyl sites for hydroxylation is 1. The molecule has 0 radical (unpaired) electrons. The van der Waals surface area contributed by atoms with Gasteiger partial charge in [-0.15, -0.1) is 0 Å². The number of carbonyl (C=O) groups is 1. The molecule has 4 heterocycles. The van der Waals surface area contributed by atoms with E-state index in [1.54, 1.807) is 30.5 Å². The van der Waals surface area contributed by atoms with E-state index in [1.807, 2.05) is 24.8 Å². The molecule has 36 heavy (non-hydrogen) atoms. The maximum absolute atomic E-state index is 13.4. The normalized spacial score (nSPS) is 17.4. The van der Waals surface area contributed by atoms with Gasteiger partial charge in [-0.25, -0.2) is 9.78 Å². The van der Waals surface area contributed by atoms with Crippen LogP contribution in [0.1, 0.15) is 40.0 Å². The Morgan fingerprint density at radius 1 is 1.25 bits per heavy atom. The number of benzene rings is 1. The van der Waals surface area contributed by atoms with Crippen molar-refractivity contribution >= 4 is 23.1 Å². The zero-order valence-corrected chi connectivity index (χ0v) is 20.3. The molecule has 10 heteroatoms. The highest BCUT2D eigenvalue weighted by Gasteiger charge is 2.31. The lowest BCUT2D eigenvalue weighted by atomic mass is 10.1. The number of piperazine rings is 1. The smallest absolute Gasteiger partial charge is 0.337 e. The largest absolute Gasteiger partial charge is 0.478 e. The molecular weight excluding hydrogens is 460 g/mol. The highest BCUT2D eigenvalue weighted by atomic mass is 16.5. The molecule has 0 spiro atoms. The summed E-state index contributed by atoms with van der Waals surface area (Å²) in [5.41, 5.74) is 2.27. The van der Waals surface area contributed by atoms with Crippen LogP contribution in [0, 0.1) is 18.3 Å². The SMILES string of the molecule is Cc1cc([C@@H](C)Nc2ccccc2C(=O)O)c2nc(N3CCN(C4COC4)CC3)c(C#N)c(=O)n2c1. The third kappa shape index (κ3) is 4.27. The third-order valence-corrected chi connectivity index (χ3v) is 6.93. The molecule has 2 fully saturated rings. The molecule has 10 nitrogen and oxygen atoms in total. The first-order valence-electron chi connectivity index (χ1n) is 12.0. The van der Waals surface area contributed by atoms with E-state index in [2.05, 4.69) is 16.3 Å². The van der Waals surface area contributed by atoms with Gasteiger partial charge in [-0.2, -0.15) is 5.26 Å². The number of fused-ring (bicyclic) bond motifs is 1. The fourth-order valence-electron chi connectivity index (χ4n) is 4.88. The fraction of sp³-hybridized carbons (Fsp3) is 0.385. The quantitative estimate of drug-likeness (QED) is 0.538. The van der Waals surface area contributed by atoms with E-state index in [0.717, 1.165) is 37.4 Å². The van der Waals surface area contributed by atoms with Crippen molar-refractivity contribution in [2.45, 2.75) is 25.9 Å². The van der Waals surface area contributed by atoms with Gasteiger partial charge in [-0.05, 0) is 37.6 Å². The van der Waals surface area contributed by atoms with Crippen LogP contribution in [0.5, 0.6) is 0 Å². The number of hydrogen-bond acceptors (Lipinski definition) is 8. The van der Waals surface area contributed by atoms with Gasteiger partial charge in [0.1, 0.15) is 11.7 Å². The Hall–Kier alpha value is -3.94. The van der Waals surface area contributed by atoms with Crippen molar-refractivity contribution in [3.05, 3.63) is 69.1 Å². The lowest BCUT2D eigenvalue weighted by molar-refractivity contribution is -0.0661. The van der Waals surface area contributed by atoms with Gasteiger partial charge in [0.15, 0.2) is 11.4 Å². The Morgan fingerprint density at radius 2 is 1.97 bits per heavy atom. The standard InChI is InChI=1S/C26H28N6O4/c1-16-11-20(17(2)28-22-6-4-3-5-19(22)26(34)35)24-29-23(21(12-27)25(33)32(24)13-16)31-9-7-30(8-10-31)18-14-36-15-18/h3-6,11,13,17-18,28H,7-10,14-15H2,1-2H3,(H,34,35)/t17-/m1/s1. The van der Waals surface area contributed by atoms with Crippen LogP contribution in [0.25, 0.3) is 5.65 Å². The Kier molecular flexibility index (Phi) is 6.35. The van der Waals surface area contributed by atoms with Gasteiger partial charge in [0.2, 0.25) is 0 Å². The third-order valence-electron chi connectivity index (χ3n) is 6.93. The van der Waals surface area contributed by atoms with Crippen molar-refractivity contribution in [3.8, 4) is 6.07 Å². The highest BCUT2D eigenvalue weighted by Crippen LogP contribution is 2.27. The van der Waals surface area contributed by atoms with E-state index in [0.29, 0.717) is 36.3 Å². The summed E-state index contributed by atoms with van der Waals surface area (Å²) in [5.74, 6) is -0.627. The Balaban J connectivity index is 1.54. The summed E-state index contributed by atoms with van der Waals surface area (Å²) in [5, 5.41) is 22.7. The molecule has 0 aliphatic carbocycles. The fourth-order valence-corrected chi connectivity index (χ4v) is 4.88. The van der Waals surface area contributed by atoms with Gasteiger partial charge in [0.05, 0.1) is 30.9 Å². The van der Waals surface area contributed by atoms with Gasteiger partial charge in [-0.1, -0.05) is 12.1 Å². The van der Waals surface area contributed by atoms with Crippen LogP contribution in [0.2, 0.25) is 0 Å². The van der Waals surface area contributed by atoms with Crippen molar-refractivity contribution in [3.63, 3.8) is 0 Å². The predicted octanol–water partition coefficient (Wildman–Crippen LogP) is 2.27. The molecule has 2 aromatic heterocycles. The number of ether oxygens (including phenoxy) is 1. The summed E-state index contributed by atoms with van der Waals surface area (Å²) in [6.45, 7) is 8.21. The van der Waals surface area contributed by atoms with Crippen LogP contribution in [0.15, 0.2) is 41.3 Å². The monoisotopic (exact) mass is 488 g/mol. The number of nitriles is 1. The second-order valence-corrected chi connectivity index (χ2v) is 9.32. The topological polar surface area (TPSA) is 123 Å². The van der Waals surface area contributed by atoms with Crippen molar-refractivity contribution in [2.24, 2.45) is 0 Å². The van der Waals surface area contributed by atoms with E-state index in [-0.39, 0.29) is 17.2 Å². The first-order valence-corrected chi connectivity index (χ1v) is 12.0. The number of rotatable bonds is 6. The molecule has 5 rings (SSSR count). The number of anilines is 2. The molecule has 186 valence electrons. The average Bonchev–Trinajstić information content (AvgIpc) is 2.83. The number of carboxylic acid groups (broad SMARTS) is 1. The Morgan fingerprint density at radius 3 is 2.61 bits per heavy atom. The van der Waals surface area contributed by atoms with Gasteiger partial charge in [0, 0.05) is 43.6 Å². The van der Waals surface area contributed by atoms with Crippen molar-refractivity contribution in [2.75, 3.05) is 49.6 Å². The van der Waals surface area contributed by atoms with Gasteiger partial charge >= 0.3 is 5.97 Å². The van der Waals surface area contributed by atoms with Gasteiger partial charge in [0.25, 0.3) is 5.56 Å². The molecular formula is C26H28N6O4. The minimum Gasteiger partial charge on any atom is -0.478 e. The van der Waals surface area contributed by atoms with Crippen molar-refractivity contribution in [1.29, 1.82) is 5.26 Å². The zero-order valence-electron chi connectivity index (χ0n) is 20.3. The number of para-hydroxylation sites is 1. The molecule has 0 saturated carbocycles. The Bertz CT molecular complexity index is 1420. The second-order valence-electron chi connectivity index (χ2n) is 9.32. The molecule has 2 aliphatic heterocycles. The van der Waals surface area contributed by atoms with Gasteiger partial charge in [-0.3, -0.25) is 14.1 Å². The van der Waals surface area contributed by atoms with Crippen LogP contribution in [0.3, 0.4) is 0 Å². The molecule has 3 aromatic rings. The highest BCUT2D eigenvalue weighted by molar-refractivity contribution is 5.94. The molecule has 1 aromatic carbocycles. The number of pyridine rings is 1. The Labute approximate surface area is 208 Å². The maximum Gasteiger partial charge on any atom is 0.337 e. The van der Waals surface area contributed by atoms with Crippen LogP contribution in [-0.4, -0.2) is 70.8 Å². The zero-order chi connectivity index (χ0) is 25.4. The van der Waals surface area contributed by atoms with Crippen LogP contribution >= 0.6 is 0 Å². The van der Waals surface area contributed by atoms with E-state index in [9.17, 15) is 20.0 Å². The lowest BCUT2D eigenvalue weighted by Gasteiger charge is -2.43. The van der Waals surface area contributed by atoms with E-state index < -0.39 is 11.5 Å². The summed E-state index contributed by atoms with van der Waals surface area (Å²) in [6, 6.07) is 10.8. The molecule has 0 unspecified atom stereocenters. The number of nitrogens with zero attached hydrogens (tertiary/aromatic N) is 5. The molecule has 1 atom stereocenters. The second kappa shape index (κ2) is 9.60. The number of aromatic nitrogens is 2.